The van der Waals surface area contributed by atoms with Crippen LogP contribution in [0.5, 0.6) is 11.5 Å². The van der Waals surface area contributed by atoms with E-state index < -0.39 is 17.6 Å². The number of carbonyl (C=O) groups excluding carboxylic acids is 1. The smallest absolute Gasteiger partial charge is 0.311 e. The van der Waals surface area contributed by atoms with E-state index in [9.17, 15) is 13.6 Å². The van der Waals surface area contributed by atoms with Crippen LogP contribution in [0.4, 0.5) is 8.78 Å². The molecule has 0 unspecified atom stereocenters. The molecule has 0 atom stereocenters. The Balaban J connectivity index is 1.85. The van der Waals surface area contributed by atoms with Gasteiger partial charge in [-0.2, -0.15) is 0 Å². The van der Waals surface area contributed by atoms with Crippen LogP contribution in [-0.2, 0) is 4.79 Å². The highest BCUT2D eigenvalue weighted by molar-refractivity contribution is 5.73. The highest BCUT2D eigenvalue weighted by Crippen LogP contribution is 2.29. The van der Waals surface area contributed by atoms with Gasteiger partial charge in [0, 0.05) is 6.42 Å². The summed E-state index contributed by atoms with van der Waals surface area (Å²) in [7, 11) is 0. The summed E-state index contributed by atoms with van der Waals surface area (Å²) in [5.74, 6) is -1.45. The summed E-state index contributed by atoms with van der Waals surface area (Å²) in [6.45, 7) is 4.80. The molecule has 0 N–H and O–H groups in total. The van der Waals surface area contributed by atoms with E-state index in [0.29, 0.717) is 17.7 Å². The van der Waals surface area contributed by atoms with Crippen molar-refractivity contribution in [2.24, 2.45) is 0 Å². The molecule has 0 aliphatic carbocycles. The Morgan fingerprint density at radius 3 is 1.79 bits per heavy atom. The SMILES string of the molecule is CCCCCCCCOc1ccc(-c2ccc(OC(=O)CCCCCCC)c(F)c2)cc1F. The van der Waals surface area contributed by atoms with E-state index in [4.69, 9.17) is 9.47 Å². The molecule has 0 spiro atoms. The Kier molecular flexibility index (Phi) is 12.5. The van der Waals surface area contributed by atoms with Gasteiger partial charge in [-0.25, -0.2) is 8.78 Å². The molecule has 0 saturated heterocycles. The van der Waals surface area contributed by atoms with Gasteiger partial charge in [0.15, 0.2) is 23.1 Å². The number of esters is 1. The van der Waals surface area contributed by atoms with Crippen molar-refractivity contribution in [2.45, 2.75) is 90.9 Å². The summed E-state index contributed by atoms with van der Waals surface area (Å²) < 4.78 is 39.7. The number of hydrogen-bond acceptors (Lipinski definition) is 3. The Labute approximate surface area is 197 Å². The van der Waals surface area contributed by atoms with Crippen molar-refractivity contribution in [2.75, 3.05) is 6.61 Å². The van der Waals surface area contributed by atoms with Crippen molar-refractivity contribution in [3.05, 3.63) is 48.0 Å². The monoisotopic (exact) mass is 460 g/mol. The Morgan fingerprint density at radius 1 is 0.697 bits per heavy atom. The highest BCUT2D eigenvalue weighted by atomic mass is 19.1. The van der Waals surface area contributed by atoms with Gasteiger partial charge >= 0.3 is 5.97 Å². The third-order valence-corrected chi connectivity index (χ3v) is 5.66. The average molecular weight is 461 g/mol. The van der Waals surface area contributed by atoms with E-state index in [-0.39, 0.29) is 17.9 Å². The molecule has 2 rings (SSSR count). The summed E-state index contributed by atoms with van der Waals surface area (Å²) in [6.07, 6.45) is 12.2. The largest absolute Gasteiger partial charge is 0.491 e. The maximum atomic E-state index is 14.5. The van der Waals surface area contributed by atoms with E-state index in [2.05, 4.69) is 13.8 Å². The van der Waals surface area contributed by atoms with Gasteiger partial charge in [-0.15, -0.1) is 0 Å². The maximum absolute atomic E-state index is 14.5. The van der Waals surface area contributed by atoms with Crippen LogP contribution in [0, 0.1) is 11.6 Å². The molecule has 182 valence electrons. The number of benzene rings is 2. The lowest BCUT2D eigenvalue weighted by atomic mass is 10.0. The molecule has 3 nitrogen and oxygen atoms in total. The second kappa shape index (κ2) is 15.4. The summed E-state index contributed by atoms with van der Waals surface area (Å²) in [4.78, 5) is 12.0. The van der Waals surface area contributed by atoms with Crippen molar-refractivity contribution in [1.29, 1.82) is 0 Å². The van der Waals surface area contributed by atoms with Gasteiger partial charge in [-0.1, -0.05) is 83.8 Å². The Hall–Kier alpha value is -2.43. The van der Waals surface area contributed by atoms with Crippen molar-refractivity contribution in [1.82, 2.24) is 0 Å². The standard InChI is InChI=1S/C28H38F2O3/c1-3-5-7-9-11-13-19-32-26-17-15-22(20-24(26)29)23-16-18-27(25(30)21-23)33-28(31)14-12-10-8-6-4-2/h15-18,20-21H,3-14,19H2,1-2H3. The second-order valence-electron chi connectivity index (χ2n) is 8.54. The first-order chi connectivity index (χ1) is 16.0. The first-order valence-electron chi connectivity index (χ1n) is 12.5. The minimum Gasteiger partial charge on any atom is -0.491 e. The summed E-state index contributed by atoms with van der Waals surface area (Å²) in [6, 6.07) is 8.92. The van der Waals surface area contributed by atoms with Crippen molar-refractivity contribution in [3.63, 3.8) is 0 Å². The molecule has 0 aliphatic rings. The van der Waals surface area contributed by atoms with Gasteiger partial charge in [0.05, 0.1) is 6.61 Å². The van der Waals surface area contributed by atoms with Gasteiger partial charge in [-0.3, -0.25) is 4.79 Å². The van der Waals surface area contributed by atoms with Crippen LogP contribution in [0.15, 0.2) is 36.4 Å². The predicted octanol–water partition coefficient (Wildman–Crippen LogP) is 8.64. The Morgan fingerprint density at radius 2 is 1.21 bits per heavy atom. The third-order valence-electron chi connectivity index (χ3n) is 5.66. The third kappa shape index (κ3) is 9.93. The molecule has 2 aromatic carbocycles. The van der Waals surface area contributed by atoms with E-state index in [1.165, 1.54) is 43.9 Å². The molecule has 0 radical (unpaired) electrons. The van der Waals surface area contributed by atoms with Gasteiger partial charge in [-0.05, 0) is 48.2 Å². The molecule has 0 fully saturated rings. The summed E-state index contributed by atoms with van der Waals surface area (Å²) in [5.41, 5.74) is 1.04. The van der Waals surface area contributed by atoms with Gasteiger partial charge in [0.2, 0.25) is 0 Å². The number of hydrogen-bond donors (Lipinski definition) is 0. The number of unbranched alkanes of at least 4 members (excludes halogenated alkanes) is 9. The zero-order chi connectivity index (χ0) is 23.9. The zero-order valence-electron chi connectivity index (χ0n) is 20.1. The van der Waals surface area contributed by atoms with Crippen molar-refractivity contribution in [3.8, 4) is 22.6 Å². The molecule has 0 saturated carbocycles. The first-order valence-corrected chi connectivity index (χ1v) is 12.5. The minimum absolute atomic E-state index is 0.100. The lowest BCUT2D eigenvalue weighted by molar-refractivity contribution is -0.134. The van der Waals surface area contributed by atoms with E-state index in [0.717, 1.165) is 44.9 Å². The molecule has 33 heavy (non-hydrogen) atoms. The van der Waals surface area contributed by atoms with E-state index in [1.54, 1.807) is 18.2 Å². The lowest BCUT2D eigenvalue weighted by Crippen LogP contribution is -2.08. The first kappa shape index (κ1) is 26.8. The fourth-order valence-corrected chi connectivity index (χ4v) is 3.67. The second-order valence-corrected chi connectivity index (χ2v) is 8.54. The van der Waals surface area contributed by atoms with Crippen LogP contribution in [-0.4, -0.2) is 12.6 Å². The fraction of sp³-hybridized carbons (Fsp3) is 0.536. The van der Waals surface area contributed by atoms with Gasteiger partial charge in [0.25, 0.3) is 0 Å². The van der Waals surface area contributed by atoms with Gasteiger partial charge < -0.3 is 9.47 Å². The molecule has 5 heteroatoms. The zero-order valence-corrected chi connectivity index (χ0v) is 20.1. The van der Waals surface area contributed by atoms with E-state index >= 15 is 0 Å². The Bertz CT molecular complexity index is 851. The molecule has 0 aromatic heterocycles. The van der Waals surface area contributed by atoms with Crippen molar-refractivity contribution >= 4 is 5.97 Å². The number of ether oxygens (including phenoxy) is 2. The lowest BCUT2D eigenvalue weighted by Gasteiger charge is -2.10. The van der Waals surface area contributed by atoms with Crippen LogP contribution < -0.4 is 9.47 Å². The van der Waals surface area contributed by atoms with Crippen LogP contribution in [0.25, 0.3) is 11.1 Å². The highest BCUT2D eigenvalue weighted by Gasteiger charge is 2.12. The van der Waals surface area contributed by atoms with Crippen molar-refractivity contribution < 1.29 is 23.0 Å². The predicted molar refractivity (Wildman–Crippen MR) is 130 cm³/mol. The normalized spacial score (nSPS) is 10.9. The van der Waals surface area contributed by atoms with Crippen LogP contribution >= 0.6 is 0 Å². The molecule has 0 bridgehead atoms. The minimum atomic E-state index is -0.643. The number of rotatable bonds is 16. The molecule has 0 heterocycles. The number of carbonyl (C=O) groups is 1. The molecule has 0 amide bonds. The molecule has 0 aliphatic heterocycles. The average Bonchev–Trinajstić information content (AvgIpc) is 2.80. The van der Waals surface area contributed by atoms with E-state index in [1.807, 2.05) is 0 Å². The van der Waals surface area contributed by atoms with Gasteiger partial charge in [0.1, 0.15) is 0 Å². The molecule has 2 aromatic rings. The number of halogens is 2. The summed E-state index contributed by atoms with van der Waals surface area (Å²) in [5, 5.41) is 0. The molecular weight excluding hydrogens is 422 g/mol. The van der Waals surface area contributed by atoms with Crippen LogP contribution in [0.1, 0.15) is 90.9 Å². The molecular formula is C28H38F2O3. The quantitative estimate of drug-likeness (QED) is 0.143. The maximum Gasteiger partial charge on any atom is 0.311 e. The van der Waals surface area contributed by atoms with Crippen LogP contribution in [0.2, 0.25) is 0 Å². The topological polar surface area (TPSA) is 35.5 Å². The fourth-order valence-electron chi connectivity index (χ4n) is 3.67. The van der Waals surface area contributed by atoms with Crippen LogP contribution in [0.3, 0.4) is 0 Å². The summed E-state index contributed by atoms with van der Waals surface area (Å²) >= 11 is 0.